The van der Waals surface area contributed by atoms with Gasteiger partial charge in [-0.2, -0.15) is 0 Å². The fourth-order valence-electron chi connectivity index (χ4n) is 3.02. The van der Waals surface area contributed by atoms with Crippen molar-refractivity contribution in [1.82, 2.24) is 5.32 Å². The summed E-state index contributed by atoms with van der Waals surface area (Å²) in [6, 6.07) is 21.8. The maximum Gasteiger partial charge on any atom is 0.221 e. The second-order valence-corrected chi connectivity index (χ2v) is 6.76. The topological polar surface area (TPSA) is 51.5 Å². The number of ether oxygens (including phenoxy) is 1. The molecule has 0 saturated carbocycles. The van der Waals surface area contributed by atoms with Crippen LogP contribution in [0.4, 0.5) is 0 Å². The van der Waals surface area contributed by atoms with Crippen LogP contribution in [0.25, 0.3) is 0 Å². The molecule has 0 bridgehead atoms. The fourth-order valence-corrected chi connectivity index (χ4v) is 3.02. The van der Waals surface area contributed by atoms with Gasteiger partial charge in [-0.05, 0) is 49.2 Å². The van der Waals surface area contributed by atoms with E-state index in [0.29, 0.717) is 13.0 Å². The minimum Gasteiger partial charge on any atom is -0.491 e. The first-order valence-corrected chi connectivity index (χ1v) is 9.22. The lowest BCUT2D eigenvalue weighted by molar-refractivity contribution is -0.121. The lowest BCUT2D eigenvalue weighted by atomic mass is 9.88. The summed E-state index contributed by atoms with van der Waals surface area (Å²) in [7, 11) is 0. The molecule has 0 saturated heterocycles. The van der Waals surface area contributed by atoms with Crippen LogP contribution in [0.3, 0.4) is 0 Å². The van der Waals surface area contributed by atoms with Crippen molar-refractivity contribution in [1.29, 1.82) is 0 Å². The van der Waals surface area contributed by atoms with Gasteiger partial charge in [0.05, 0.1) is 18.9 Å². The Balaban J connectivity index is 1.74. The Hall–Kier alpha value is -3.01. The maximum atomic E-state index is 12.5. The minimum atomic E-state index is -0.0177. The number of furan rings is 1. The number of carbonyl (C=O) groups excluding carboxylic acids is 1. The molecule has 140 valence electrons. The smallest absolute Gasteiger partial charge is 0.221 e. The van der Waals surface area contributed by atoms with Crippen molar-refractivity contribution >= 4 is 5.91 Å². The number of rotatable bonds is 8. The molecule has 0 aliphatic rings. The monoisotopic (exact) mass is 363 g/mol. The van der Waals surface area contributed by atoms with Gasteiger partial charge in [0.15, 0.2) is 0 Å². The van der Waals surface area contributed by atoms with Crippen LogP contribution in [0.5, 0.6) is 5.75 Å². The molecular formula is C23H25NO3. The van der Waals surface area contributed by atoms with E-state index in [9.17, 15) is 4.79 Å². The molecule has 0 fully saturated rings. The van der Waals surface area contributed by atoms with Crippen LogP contribution in [0.2, 0.25) is 0 Å². The highest BCUT2D eigenvalue weighted by Crippen LogP contribution is 2.29. The molecule has 1 heterocycles. The Morgan fingerprint density at radius 3 is 2.30 bits per heavy atom. The van der Waals surface area contributed by atoms with Gasteiger partial charge in [-0.15, -0.1) is 0 Å². The van der Waals surface area contributed by atoms with E-state index in [2.05, 4.69) is 17.4 Å². The third-order valence-corrected chi connectivity index (χ3v) is 4.29. The number of nitrogens with one attached hydrogen (secondary N) is 1. The lowest BCUT2D eigenvalue weighted by Crippen LogP contribution is -2.24. The van der Waals surface area contributed by atoms with E-state index in [1.807, 2.05) is 68.4 Å². The Kier molecular flexibility index (Phi) is 6.31. The normalized spacial score (nSPS) is 12.0. The molecule has 1 N–H and O–H groups in total. The Morgan fingerprint density at radius 2 is 1.67 bits per heavy atom. The summed E-state index contributed by atoms with van der Waals surface area (Å²) in [5.41, 5.74) is 2.20. The highest BCUT2D eigenvalue weighted by atomic mass is 16.5. The van der Waals surface area contributed by atoms with E-state index >= 15 is 0 Å². The van der Waals surface area contributed by atoms with Gasteiger partial charge in [-0.25, -0.2) is 0 Å². The van der Waals surface area contributed by atoms with Gasteiger partial charge >= 0.3 is 0 Å². The third-order valence-electron chi connectivity index (χ3n) is 4.29. The molecule has 1 atom stereocenters. The van der Waals surface area contributed by atoms with Crippen LogP contribution in [0, 0.1) is 0 Å². The fraction of sp³-hybridized carbons (Fsp3) is 0.261. The second-order valence-electron chi connectivity index (χ2n) is 6.76. The van der Waals surface area contributed by atoms with Crippen LogP contribution in [-0.4, -0.2) is 12.0 Å². The molecule has 3 aromatic rings. The Bertz CT molecular complexity index is 824. The summed E-state index contributed by atoms with van der Waals surface area (Å²) in [6.45, 7) is 4.41. The van der Waals surface area contributed by atoms with E-state index in [1.165, 1.54) is 0 Å². The molecule has 0 unspecified atom stereocenters. The molecule has 0 spiro atoms. The Morgan fingerprint density at radius 1 is 0.963 bits per heavy atom. The number of hydrogen-bond acceptors (Lipinski definition) is 3. The van der Waals surface area contributed by atoms with Gasteiger partial charge in [-0.1, -0.05) is 42.5 Å². The van der Waals surface area contributed by atoms with Crippen LogP contribution in [0.15, 0.2) is 77.4 Å². The van der Waals surface area contributed by atoms with Crippen molar-refractivity contribution < 1.29 is 13.9 Å². The Labute approximate surface area is 160 Å². The lowest BCUT2D eigenvalue weighted by Gasteiger charge is -2.19. The molecular weight excluding hydrogens is 338 g/mol. The van der Waals surface area contributed by atoms with E-state index < -0.39 is 0 Å². The number of benzene rings is 2. The second kappa shape index (κ2) is 9.08. The third kappa shape index (κ3) is 5.48. The maximum absolute atomic E-state index is 12.5. The first-order chi connectivity index (χ1) is 13.1. The van der Waals surface area contributed by atoms with Crippen LogP contribution in [0.1, 0.15) is 43.1 Å². The predicted molar refractivity (Wildman–Crippen MR) is 106 cm³/mol. The molecule has 1 amide bonds. The molecule has 0 aliphatic heterocycles. The first-order valence-electron chi connectivity index (χ1n) is 9.22. The van der Waals surface area contributed by atoms with Gasteiger partial charge in [0.1, 0.15) is 11.5 Å². The van der Waals surface area contributed by atoms with Gasteiger partial charge < -0.3 is 14.5 Å². The first kappa shape index (κ1) is 18.8. The predicted octanol–water partition coefficient (Wildman–Crippen LogP) is 4.91. The average molecular weight is 363 g/mol. The zero-order valence-electron chi connectivity index (χ0n) is 15.7. The highest BCUT2D eigenvalue weighted by molar-refractivity contribution is 5.77. The molecule has 3 rings (SSSR count). The SMILES string of the molecule is CC(C)Oc1ccc([C@H](CC(=O)NCc2ccco2)c2ccccc2)cc1. The van der Waals surface area contributed by atoms with Crippen LogP contribution in [-0.2, 0) is 11.3 Å². The van der Waals surface area contributed by atoms with Crippen molar-refractivity contribution in [3.8, 4) is 5.75 Å². The quantitative estimate of drug-likeness (QED) is 0.619. The van der Waals surface area contributed by atoms with Gasteiger partial charge in [0.2, 0.25) is 5.91 Å². The zero-order valence-corrected chi connectivity index (χ0v) is 15.7. The number of hydrogen-bond donors (Lipinski definition) is 1. The van der Waals surface area contributed by atoms with E-state index in [0.717, 1.165) is 22.6 Å². The van der Waals surface area contributed by atoms with Crippen molar-refractivity contribution in [3.05, 3.63) is 89.9 Å². The molecule has 27 heavy (non-hydrogen) atoms. The molecule has 1 aromatic heterocycles. The largest absolute Gasteiger partial charge is 0.491 e. The van der Waals surface area contributed by atoms with Crippen molar-refractivity contribution in [2.45, 2.75) is 38.8 Å². The van der Waals surface area contributed by atoms with E-state index in [-0.39, 0.29) is 17.9 Å². The molecule has 4 heteroatoms. The highest BCUT2D eigenvalue weighted by Gasteiger charge is 2.18. The summed E-state index contributed by atoms with van der Waals surface area (Å²) >= 11 is 0. The van der Waals surface area contributed by atoms with Gasteiger partial charge in [-0.3, -0.25) is 4.79 Å². The molecule has 0 radical (unpaired) electrons. The van der Waals surface area contributed by atoms with E-state index in [4.69, 9.17) is 9.15 Å². The average Bonchev–Trinajstić information content (AvgIpc) is 3.19. The van der Waals surface area contributed by atoms with Crippen LogP contribution < -0.4 is 10.1 Å². The number of carbonyl (C=O) groups is 1. The molecule has 0 aliphatic carbocycles. The minimum absolute atomic E-state index is 0.0113. The standard InChI is InChI=1S/C23H25NO3/c1-17(2)27-20-12-10-19(11-13-20)22(18-7-4-3-5-8-18)15-23(25)24-16-21-9-6-14-26-21/h3-14,17,22H,15-16H2,1-2H3,(H,24,25)/t22-/m1/s1. The van der Waals surface area contributed by atoms with Crippen molar-refractivity contribution in [3.63, 3.8) is 0 Å². The van der Waals surface area contributed by atoms with Gasteiger partial charge in [0, 0.05) is 12.3 Å². The van der Waals surface area contributed by atoms with Crippen molar-refractivity contribution in [2.75, 3.05) is 0 Å². The summed E-state index contributed by atoms with van der Waals surface area (Å²) < 4.78 is 11.0. The summed E-state index contributed by atoms with van der Waals surface area (Å²) in [5, 5.41) is 2.94. The summed E-state index contributed by atoms with van der Waals surface area (Å²) in [4.78, 5) is 12.5. The zero-order chi connectivity index (χ0) is 19.1. The van der Waals surface area contributed by atoms with Gasteiger partial charge in [0.25, 0.3) is 0 Å². The number of amides is 1. The molecule has 2 aromatic carbocycles. The van der Waals surface area contributed by atoms with E-state index in [1.54, 1.807) is 6.26 Å². The molecule has 4 nitrogen and oxygen atoms in total. The van der Waals surface area contributed by atoms with Crippen molar-refractivity contribution in [2.24, 2.45) is 0 Å². The summed E-state index contributed by atoms with van der Waals surface area (Å²) in [6.07, 6.45) is 2.11. The van der Waals surface area contributed by atoms with Crippen LogP contribution >= 0.6 is 0 Å². The summed E-state index contributed by atoms with van der Waals surface area (Å²) in [5.74, 6) is 1.55.